The number of fused-ring (bicyclic) bond motifs is 4. The number of hydrogen-bond donors (Lipinski definition) is 2. The average Bonchev–Trinajstić information content (AvgIpc) is 3.82. The highest BCUT2D eigenvalue weighted by Gasteiger charge is 2.70. The largest absolute Gasteiger partial charge is 0.507 e. The van der Waals surface area contributed by atoms with Gasteiger partial charge in [-0.1, -0.05) is 77.3 Å². The van der Waals surface area contributed by atoms with Crippen LogP contribution < -0.4 is 10.2 Å². The number of phenols is 1. The highest BCUT2D eigenvalue weighted by molar-refractivity contribution is 7.09. The number of para-hydroxylation sites is 1. The molecule has 0 unspecified atom stereocenters. The van der Waals surface area contributed by atoms with E-state index in [1.54, 1.807) is 61.7 Å². The summed E-state index contributed by atoms with van der Waals surface area (Å²) in [6.07, 6.45) is 4.41. The van der Waals surface area contributed by atoms with Crippen molar-refractivity contribution in [2.45, 2.75) is 37.1 Å². The van der Waals surface area contributed by atoms with E-state index in [0.717, 1.165) is 15.5 Å². The molecule has 0 bridgehead atoms. The van der Waals surface area contributed by atoms with E-state index in [4.69, 9.17) is 27.9 Å². The number of amides is 4. The third-order valence-corrected chi connectivity index (χ3v) is 12.8. The molecule has 0 spiro atoms. The Bertz CT molecular complexity index is 2200. The van der Waals surface area contributed by atoms with E-state index >= 15 is 4.79 Å². The second kappa shape index (κ2) is 13.5. The molecule has 8 rings (SSSR count). The Morgan fingerprint density at radius 3 is 2.49 bits per heavy atom. The number of rotatable bonds is 9. The summed E-state index contributed by atoms with van der Waals surface area (Å²) in [6, 6.07) is 20.9. The van der Waals surface area contributed by atoms with Crippen LogP contribution in [0.15, 0.2) is 102 Å². The number of nitrogens with one attached hydrogen (secondary N) is 1. The first-order chi connectivity index (χ1) is 25.6. The highest BCUT2D eigenvalue weighted by Crippen LogP contribution is 2.65. The van der Waals surface area contributed by atoms with Crippen LogP contribution in [0.2, 0.25) is 10.0 Å². The predicted molar refractivity (Wildman–Crippen MR) is 203 cm³/mol. The van der Waals surface area contributed by atoms with Gasteiger partial charge in [-0.15, -0.1) is 17.9 Å². The van der Waals surface area contributed by atoms with Gasteiger partial charge in [0.1, 0.15) is 11.5 Å². The zero-order valence-corrected chi connectivity index (χ0v) is 31.0. The van der Waals surface area contributed by atoms with Gasteiger partial charge in [0, 0.05) is 21.4 Å². The van der Waals surface area contributed by atoms with Crippen molar-refractivity contribution in [2.75, 3.05) is 12.5 Å². The molecular formula is C41H35Cl2N3O6S. The monoisotopic (exact) mass is 767 g/mol. The molecule has 2 saturated heterocycles. The first-order valence-electron chi connectivity index (χ1n) is 17.3. The lowest BCUT2D eigenvalue weighted by Crippen LogP contribution is -2.53. The second-order valence-corrected chi connectivity index (χ2v) is 15.8. The highest BCUT2D eigenvalue weighted by atomic mass is 35.5. The lowest BCUT2D eigenvalue weighted by atomic mass is 9.49. The molecule has 3 aromatic carbocycles. The van der Waals surface area contributed by atoms with E-state index in [1.165, 1.54) is 22.3 Å². The maximum Gasteiger partial charge on any atom is 0.260 e. The minimum Gasteiger partial charge on any atom is -0.507 e. The van der Waals surface area contributed by atoms with Crippen LogP contribution in [0.4, 0.5) is 5.69 Å². The number of anilines is 1. The number of carbonyl (C=O) groups is 4. The summed E-state index contributed by atoms with van der Waals surface area (Å²) < 4.78 is 5.48. The topological polar surface area (TPSA) is 116 Å². The number of methoxy groups -OCH3 is 1. The number of hydrogen-bond acceptors (Lipinski definition) is 8. The summed E-state index contributed by atoms with van der Waals surface area (Å²) in [6.45, 7) is 4.04. The van der Waals surface area contributed by atoms with Crippen molar-refractivity contribution in [3.63, 3.8) is 0 Å². The number of imide groups is 2. The van der Waals surface area contributed by atoms with Gasteiger partial charge >= 0.3 is 0 Å². The van der Waals surface area contributed by atoms with Crippen LogP contribution in [0.5, 0.6) is 11.5 Å². The molecule has 53 heavy (non-hydrogen) atoms. The second-order valence-electron chi connectivity index (χ2n) is 13.9. The number of benzene rings is 3. The molecule has 6 atom stereocenters. The summed E-state index contributed by atoms with van der Waals surface area (Å²) in [7, 11) is 1.55. The first-order valence-corrected chi connectivity index (χ1v) is 19.0. The summed E-state index contributed by atoms with van der Waals surface area (Å²) >= 11 is 14.2. The molecule has 3 fully saturated rings. The SMILES string of the molecule is C=CCc1cccc([C@H]2C3=CC[C@@H]4C(=O)N(Cc5cccs5)C(=O)[C@@H]4[C@@H]3C[C@H]3C(=O)N(Nc4ccc(Cl)cc4Cl)C(=O)[C@@]23c2ccc(OC)cc2)c1O. The van der Waals surface area contributed by atoms with E-state index in [0.29, 0.717) is 39.6 Å². The normalized spacial score (nSPS) is 26.2. The van der Waals surface area contributed by atoms with Crippen molar-refractivity contribution >= 4 is 63.9 Å². The lowest BCUT2D eigenvalue weighted by molar-refractivity contribution is -0.141. The van der Waals surface area contributed by atoms with Gasteiger partial charge in [-0.25, -0.2) is 0 Å². The molecule has 12 heteroatoms. The molecule has 270 valence electrons. The van der Waals surface area contributed by atoms with Gasteiger partial charge < -0.3 is 9.84 Å². The Labute approximate surface area is 320 Å². The van der Waals surface area contributed by atoms with Crippen LogP contribution in [0.1, 0.15) is 40.3 Å². The van der Waals surface area contributed by atoms with Crippen LogP contribution >= 0.6 is 34.5 Å². The van der Waals surface area contributed by atoms with Crippen LogP contribution in [-0.2, 0) is 37.6 Å². The van der Waals surface area contributed by atoms with Gasteiger partial charge in [0.2, 0.25) is 11.8 Å². The van der Waals surface area contributed by atoms with Gasteiger partial charge in [-0.3, -0.25) is 29.5 Å². The quantitative estimate of drug-likeness (QED) is 0.133. The van der Waals surface area contributed by atoms with E-state index in [9.17, 15) is 19.5 Å². The summed E-state index contributed by atoms with van der Waals surface area (Å²) in [5.41, 5.74) is 4.04. The van der Waals surface area contributed by atoms with Crippen LogP contribution in [0.3, 0.4) is 0 Å². The minimum atomic E-state index is -1.59. The standard InChI is InChI=1S/C41H35Cl2N3O6S/c1-3-6-22-7-4-9-29(36(22)47)35-27-15-16-28-34(39(50)45(37(28)48)21-26-8-5-18-53-26)30(27)20-31-38(49)46(44-33-17-12-24(42)19-32(33)43)40(51)41(31,35)23-10-13-25(52-2)14-11-23/h3-5,7-15,17-19,28,30-31,34-35,44,47H,1,6,16,20-21H2,2H3/t28-,30+,31-,34-,35+,41+/m0/s1. The molecule has 0 radical (unpaired) electrons. The maximum atomic E-state index is 15.5. The molecule has 1 saturated carbocycles. The number of allylic oxidation sites excluding steroid dienone is 3. The fourth-order valence-corrected chi connectivity index (χ4v) is 10.3. The smallest absolute Gasteiger partial charge is 0.260 e. The Balaban J connectivity index is 1.34. The molecule has 4 amide bonds. The van der Waals surface area contributed by atoms with Crippen LogP contribution in [0, 0.1) is 23.7 Å². The lowest BCUT2D eigenvalue weighted by Gasteiger charge is -2.50. The molecule has 9 nitrogen and oxygen atoms in total. The molecule has 4 aliphatic rings. The van der Waals surface area contributed by atoms with Crippen molar-refractivity contribution in [2.24, 2.45) is 23.7 Å². The number of phenolic OH excluding ortho intramolecular Hbond substituents is 1. The number of carbonyl (C=O) groups excluding carboxylic acids is 4. The van der Waals surface area contributed by atoms with Crippen molar-refractivity contribution in [3.8, 4) is 11.5 Å². The van der Waals surface area contributed by atoms with Crippen LogP contribution in [0.25, 0.3) is 0 Å². The average molecular weight is 769 g/mol. The zero-order valence-electron chi connectivity index (χ0n) is 28.6. The number of likely N-dealkylation sites (tertiary alicyclic amines) is 1. The molecule has 2 aliphatic heterocycles. The summed E-state index contributed by atoms with van der Waals surface area (Å²) in [4.78, 5) is 61.0. The summed E-state index contributed by atoms with van der Waals surface area (Å²) in [5.74, 6) is -4.88. The number of hydrazine groups is 1. The van der Waals surface area contributed by atoms with E-state index in [2.05, 4.69) is 12.0 Å². The predicted octanol–water partition coefficient (Wildman–Crippen LogP) is 7.68. The number of ether oxygens (including phenoxy) is 1. The van der Waals surface area contributed by atoms with E-state index < -0.39 is 46.8 Å². The zero-order chi connectivity index (χ0) is 37.2. The molecule has 3 heterocycles. The van der Waals surface area contributed by atoms with Gasteiger partial charge in [0.15, 0.2) is 0 Å². The minimum absolute atomic E-state index is 0.0201. The fourth-order valence-electron chi connectivity index (χ4n) is 9.13. The van der Waals surface area contributed by atoms with Gasteiger partial charge in [-0.05, 0) is 78.1 Å². The van der Waals surface area contributed by atoms with Gasteiger partial charge in [0.05, 0.1) is 47.5 Å². The third kappa shape index (κ3) is 5.41. The first kappa shape index (κ1) is 35.1. The number of halogens is 2. The fraction of sp³-hybridized carbons (Fsp3) is 0.268. The number of thiophene rings is 1. The Kier molecular flexibility index (Phi) is 8.95. The maximum absolute atomic E-state index is 15.5. The number of aromatic hydroxyl groups is 1. The number of nitrogens with zero attached hydrogens (tertiary/aromatic N) is 2. The molecule has 1 aromatic heterocycles. The van der Waals surface area contributed by atoms with Gasteiger partial charge in [-0.2, -0.15) is 5.01 Å². The molecular weight excluding hydrogens is 733 g/mol. The molecule has 2 N–H and O–H groups in total. The van der Waals surface area contributed by atoms with Crippen molar-refractivity contribution in [1.29, 1.82) is 0 Å². The Morgan fingerprint density at radius 1 is 1.00 bits per heavy atom. The van der Waals surface area contributed by atoms with Crippen molar-refractivity contribution in [3.05, 3.63) is 134 Å². The Hall–Kier alpha value is -4.90. The van der Waals surface area contributed by atoms with Gasteiger partial charge in [0.25, 0.3) is 11.8 Å². The van der Waals surface area contributed by atoms with Crippen molar-refractivity contribution in [1.82, 2.24) is 9.91 Å². The molecule has 4 aromatic rings. The van der Waals surface area contributed by atoms with Crippen LogP contribution in [-0.4, -0.2) is 45.8 Å². The third-order valence-electron chi connectivity index (χ3n) is 11.4. The van der Waals surface area contributed by atoms with Crippen molar-refractivity contribution < 1.29 is 29.0 Å². The molecule has 2 aliphatic carbocycles. The van der Waals surface area contributed by atoms with E-state index in [1.807, 2.05) is 29.7 Å². The summed E-state index contributed by atoms with van der Waals surface area (Å²) in [5, 5.41) is 15.5. The Morgan fingerprint density at radius 2 is 1.79 bits per heavy atom. The van der Waals surface area contributed by atoms with E-state index in [-0.39, 0.29) is 42.0 Å².